The summed E-state index contributed by atoms with van der Waals surface area (Å²) < 4.78 is 34.5. The van der Waals surface area contributed by atoms with Gasteiger partial charge in [-0.3, -0.25) is 8.98 Å². The summed E-state index contributed by atoms with van der Waals surface area (Å²) in [5.74, 6) is 0.524. The maximum atomic E-state index is 12.0. The van der Waals surface area contributed by atoms with E-state index in [1.54, 1.807) is 30.3 Å². The van der Waals surface area contributed by atoms with E-state index in [-0.39, 0.29) is 24.0 Å². The molecule has 1 aliphatic heterocycles. The number of amides is 1. The molecule has 0 fully saturated rings. The Labute approximate surface area is 140 Å². The van der Waals surface area contributed by atoms with Crippen LogP contribution < -0.4 is 10.1 Å². The minimum atomic E-state index is -3.78. The standard InChI is InChI=1S/C17H17NO5S/c1-12-2-5-15(6-3-12)24(20,21)23-9-8-22-14-4-7-16-13(10-14)11-17(19)18-16/h2-7,10H,8-9,11H2,1H3,(H,18,19). The van der Waals surface area contributed by atoms with Gasteiger partial charge in [-0.2, -0.15) is 8.42 Å². The second-order valence-electron chi connectivity index (χ2n) is 5.48. The Morgan fingerprint density at radius 1 is 1.08 bits per heavy atom. The molecule has 1 amide bonds. The third-order valence-electron chi connectivity index (χ3n) is 3.60. The molecule has 126 valence electrons. The van der Waals surface area contributed by atoms with Crippen molar-refractivity contribution >= 4 is 21.7 Å². The molecular formula is C17H17NO5S. The molecule has 1 aliphatic rings. The zero-order valence-corrected chi connectivity index (χ0v) is 13.9. The number of carbonyl (C=O) groups excluding carboxylic acids is 1. The van der Waals surface area contributed by atoms with Gasteiger partial charge in [0, 0.05) is 5.69 Å². The highest BCUT2D eigenvalue weighted by atomic mass is 32.2. The van der Waals surface area contributed by atoms with Crippen LogP contribution in [0.3, 0.4) is 0 Å². The van der Waals surface area contributed by atoms with E-state index in [1.165, 1.54) is 12.1 Å². The van der Waals surface area contributed by atoms with Crippen molar-refractivity contribution in [3.8, 4) is 5.75 Å². The molecule has 0 unspecified atom stereocenters. The van der Waals surface area contributed by atoms with Gasteiger partial charge < -0.3 is 10.1 Å². The molecule has 6 nitrogen and oxygen atoms in total. The van der Waals surface area contributed by atoms with Crippen LogP contribution in [0.4, 0.5) is 5.69 Å². The molecular weight excluding hydrogens is 330 g/mol. The number of nitrogens with one attached hydrogen (secondary N) is 1. The topological polar surface area (TPSA) is 81.7 Å². The summed E-state index contributed by atoms with van der Waals surface area (Å²) in [6.45, 7) is 1.88. The van der Waals surface area contributed by atoms with Crippen LogP contribution >= 0.6 is 0 Å². The number of ether oxygens (including phenoxy) is 1. The number of aryl methyl sites for hydroxylation is 1. The van der Waals surface area contributed by atoms with Gasteiger partial charge in [0.1, 0.15) is 19.0 Å². The largest absolute Gasteiger partial charge is 0.491 e. The van der Waals surface area contributed by atoms with Crippen LogP contribution in [0, 0.1) is 6.92 Å². The first kappa shape index (κ1) is 16.5. The van der Waals surface area contributed by atoms with Crippen LogP contribution in [-0.2, 0) is 25.5 Å². The van der Waals surface area contributed by atoms with E-state index in [0.29, 0.717) is 12.2 Å². The maximum absolute atomic E-state index is 12.0. The van der Waals surface area contributed by atoms with Crippen molar-refractivity contribution in [2.45, 2.75) is 18.2 Å². The monoisotopic (exact) mass is 347 g/mol. The van der Waals surface area contributed by atoms with Crippen molar-refractivity contribution in [2.24, 2.45) is 0 Å². The molecule has 0 radical (unpaired) electrons. The lowest BCUT2D eigenvalue weighted by molar-refractivity contribution is -0.115. The molecule has 1 heterocycles. The number of fused-ring (bicyclic) bond motifs is 1. The fraction of sp³-hybridized carbons (Fsp3) is 0.235. The maximum Gasteiger partial charge on any atom is 0.297 e. The number of benzene rings is 2. The SMILES string of the molecule is Cc1ccc(S(=O)(=O)OCCOc2ccc3c(c2)CC(=O)N3)cc1. The fourth-order valence-corrected chi connectivity index (χ4v) is 3.26. The van der Waals surface area contributed by atoms with Crippen LogP contribution in [0.1, 0.15) is 11.1 Å². The number of anilines is 1. The first-order valence-electron chi connectivity index (χ1n) is 7.46. The van der Waals surface area contributed by atoms with Crippen molar-refractivity contribution in [1.82, 2.24) is 0 Å². The first-order chi connectivity index (χ1) is 11.4. The lowest BCUT2D eigenvalue weighted by atomic mass is 10.1. The average molecular weight is 347 g/mol. The summed E-state index contributed by atoms with van der Waals surface area (Å²) in [6.07, 6.45) is 0.324. The zero-order valence-electron chi connectivity index (χ0n) is 13.1. The molecule has 0 atom stereocenters. The molecule has 0 saturated carbocycles. The van der Waals surface area contributed by atoms with E-state index in [1.807, 2.05) is 6.92 Å². The summed E-state index contributed by atoms with van der Waals surface area (Å²) in [6, 6.07) is 11.7. The lowest BCUT2D eigenvalue weighted by Crippen LogP contribution is -2.13. The fourth-order valence-electron chi connectivity index (χ4n) is 2.37. The van der Waals surface area contributed by atoms with Crippen LogP contribution in [0.25, 0.3) is 0 Å². The Hall–Kier alpha value is -2.38. The van der Waals surface area contributed by atoms with Gasteiger partial charge in [0.05, 0.1) is 11.3 Å². The van der Waals surface area contributed by atoms with E-state index in [9.17, 15) is 13.2 Å². The van der Waals surface area contributed by atoms with Gasteiger partial charge in [0.15, 0.2) is 0 Å². The summed E-state index contributed by atoms with van der Waals surface area (Å²) in [5, 5.41) is 2.74. The quantitative estimate of drug-likeness (QED) is 0.640. The zero-order chi connectivity index (χ0) is 17.2. The Morgan fingerprint density at radius 2 is 1.83 bits per heavy atom. The summed E-state index contributed by atoms with van der Waals surface area (Å²) in [5.41, 5.74) is 2.62. The molecule has 24 heavy (non-hydrogen) atoms. The van der Waals surface area contributed by atoms with Crippen molar-refractivity contribution < 1.29 is 22.1 Å². The van der Waals surface area contributed by atoms with Gasteiger partial charge in [-0.15, -0.1) is 0 Å². The minimum absolute atomic E-state index is 0.0466. The van der Waals surface area contributed by atoms with Gasteiger partial charge in [0.25, 0.3) is 10.1 Å². The van der Waals surface area contributed by atoms with E-state index in [2.05, 4.69) is 5.32 Å². The van der Waals surface area contributed by atoms with Crippen molar-refractivity contribution in [2.75, 3.05) is 18.5 Å². The highest BCUT2D eigenvalue weighted by molar-refractivity contribution is 7.86. The lowest BCUT2D eigenvalue weighted by Gasteiger charge is -2.09. The molecule has 0 bridgehead atoms. The third kappa shape index (κ3) is 3.74. The number of hydrogen-bond donors (Lipinski definition) is 1. The van der Waals surface area contributed by atoms with Crippen LogP contribution in [0.5, 0.6) is 5.75 Å². The number of hydrogen-bond acceptors (Lipinski definition) is 5. The van der Waals surface area contributed by atoms with Crippen molar-refractivity contribution in [1.29, 1.82) is 0 Å². The second kappa shape index (κ2) is 6.62. The van der Waals surface area contributed by atoms with E-state index >= 15 is 0 Å². The van der Waals surface area contributed by atoms with Gasteiger partial charge in [-0.05, 0) is 42.8 Å². The molecule has 1 N–H and O–H groups in total. The third-order valence-corrected chi connectivity index (χ3v) is 4.93. The second-order valence-corrected chi connectivity index (χ2v) is 7.10. The van der Waals surface area contributed by atoms with Crippen LogP contribution in [0.15, 0.2) is 47.4 Å². The Morgan fingerprint density at radius 3 is 2.58 bits per heavy atom. The summed E-state index contributed by atoms with van der Waals surface area (Å²) in [7, 11) is -3.78. The first-order valence-corrected chi connectivity index (χ1v) is 8.86. The molecule has 0 aliphatic carbocycles. The van der Waals surface area contributed by atoms with Crippen LogP contribution in [0.2, 0.25) is 0 Å². The molecule has 0 aromatic heterocycles. The van der Waals surface area contributed by atoms with Gasteiger partial charge in [0.2, 0.25) is 5.91 Å². The predicted octanol–water partition coefficient (Wildman–Crippen LogP) is 2.27. The van der Waals surface area contributed by atoms with Gasteiger partial charge in [-0.25, -0.2) is 0 Å². The summed E-state index contributed by atoms with van der Waals surface area (Å²) >= 11 is 0. The Kier molecular flexibility index (Phi) is 4.55. The minimum Gasteiger partial charge on any atom is -0.491 e. The number of rotatable bonds is 6. The average Bonchev–Trinajstić information content (AvgIpc) is 2.91. The van der Waals surface area contributed by atoms with E-state index in [0.717, 1.165) is 16.8 Å². The highest BCUT2D eigenvalue weighted by Crippen LogP contribution is 2.27. The normalized spacial score (nSPS) is 13.5. The predicted molar refractivity (Wildman–Crippen MR) is 88.6 cm³/mol. The highest BCUT2D eigenvalue weighted by Gasteiger charge is 2.18. The van der Waals surface area contributed by atoms with E-state index in [4.69, 9.17) is 8.92 Å². The Balaban J connectivity index is 1.53. The molecule has 2 aromatic rings. The van der Waals surface area contributed by atoms with Gasteiger partial charge in [-0.1, -0.05) is 17.7 Å². The molecule has 0 spiro atoms. The van der Waals surface area contributed by atoms with Crippen LogP contribution in [-0.4, -0.2) is 27.5 Å². The van der Waals surface area contributed by atoms with Crippen molar-refractivity contribution in [3.63, 3.8) is 0 Å². The summed E-state index contributed by atoms with van der Waals surface area (Å²) in [4.78, 5) is 11.4. The smallest absolute Gasteiger partial charge is 0.297 e. The molecule has 2 aromatic carbocycles. The van der Waals surface area contributed by atoms with Crippen molar-refractivity contribution in [3.05, 3.63) is 53.6 Å². The Bertz CT molecular complexity index is 859. The molecule has 3 rings (SSSR count). The number of carbonyl (C=O) groups is 1. The molecule has 7 heteroatoms. The van der Waals surface area contributed by atoms with Gasteiger partial charge >= 0.3 is 0 Å². The van der Waals surface area contributed by atoms with E-state index < -0.39 is 10.1 Å². The molecule has 0 saturated heterocycles.